The summed E-state index contributed by atoms with van der Waals surface area (Å²) in [5.41, 5.74) is 1.44. The molecule has 0 aliphatic carbocycles. The number of esters is 3. The lowest BCUT2D eigenvalue weighted by Gasteiger charge is -2.21. The van der Waals surface area contributed by atoms with E-state index in [0.717, 1.165) is 17.2 Å². The number of amides is 1. The topological polar surface area (TPSA) is 126 Å². The Morgan fingerprint density at radius 3 is 1.94 bits per heavy atom. The van der Waals surface area contributed by atoms with Crippen molar-refractivity contribution < 1.29 is 42.9 Å². The molecule has 0 aromatic heterocycles. The molecule has 252 valence electrons. The van der Waals surface area contributed by atoms with Gasteiger partial charge in [0.25, 0.3) is 0 Å². The first-order valence-corrected chi connectivity index (χ1v) is 19.2. The molecule has 0 radical (unpaired) electrons. The Morgan fingerprint density at radius 2 is 1.36 bits per heavy atom. The molecule has 3 aromatic rings. The number of carbonyl (C=O) groups excluding carboxylic acids is 4. The van der Waals surface area contributed by atoms with Gasteiger partial charge in [-0.1, -0.05) is 86.4 Å². The van der Waals surface area contributed by atoms with Gasteiger partial charge in [0, 0.05) is 14.5 Å². The zero-order valence-electron chi connectivity index (χ0n) is 28.0. The standard InChI is InChI=1S/C36H45NO9Si/c1-36(2,3)46-32(38)25-43-31-18-17-28(21-29(31)33(39)42-19-20-47(4,5)6)22-30(34(40)44-23-26-13-9-7-10-14-26)37-35(41)45-24-27-15-11-8-12-16-27/h7-18,21,30H,19-20,22-25H2,1-6H3,(H,37,41)/t30-/m0/s1. The van der Waals surface area contributed by atoms with Crippen LogP contribution in [0.2, 0.25) is 25.7 Å². The van der Waals surface area contributed by atoms with Crippen LogP contribution in [-0.2, 0) is 48.2 Å². The predicted molar refractivity (Wildman–Crippen MR) is 180 cm³/mol. The number of hydrogen-bond donors (Lipinski definition) is 1. The Labute approximate surface area is 277 Å². The van der Waals surface area contributed by atoms with Gasteiger partial charge in [-0.25, -0.2) is 19.2 Å². The molecule has 0 saturated heterocycles. The minimum atomic E-state index is -1.49. The van der Waals surface area contributed by atoms with Crippen LogP contribution >= 0.6 is 0 Å². The summed E-state index contributed by atoms with van der Waals surface area (Å²) < 4.78 is 27.5. The van der Waals surface area contributed by atoms with Crippen LogP contribution in [0.1, 0.15) is 47.8 Å². The van der Waals surface area contributed by atoms with E-state index in [0.29, 0.717) is 5.56 Å². The second kappa shape index (κ2) is 17.3. The quantitative estimate of drug-likeness (QED) is 0.110. The summed E-state index contributed by atoms with van der Waals surface area (Å²) in [5, 5.41) is 2.61. The molecule has 3 rings (SSSR count). The van der Waals surface area contributed by atoms with Crippen molar-refractivity contribution in [1.29, 1.82) is 0 Å². The van der Waals surface area contributed by atoms with Gasteiger partial charge < -0.3 is 29.0 Å². The van der Waals surface area contributed by atoms with Crippen molar-refractivity contribution in [3.8, 4) is 5.75 Å². The molecular weight excluding hydrogens is 618 g/mol. The molecule has 0 unspecified atom stereocenters. The van der Waals surface area contributed by atoms with Gasteiger partial charge in [-0.05, 0) is 55.6 Å². The molecule has 1 atom stereocenters. The van der Waals surface area contributed by atoms with Gasteiger partial charge >= 0.3 is 24.0 Å². The van der Waals surface area contributed by atoms with Gasteiger partial charge in [0.1, 0.15) is 36.2 Å². The van der Waals surface area contributed by atoms with E-state index in [2.05, 4.69) is 25.0 Å². The minimum absolute atomic E-state index is 0.00300. The van der Waals surface area contributed by atoms with E-state index < -0.39 is 50.3 Å². The molecule has 0 fully saturated rings. The van der Waals surface area contributed by atoms with Crippen LogP contribution in [0.3, 0.4) is 0 Å². The summed E-state index contributed by atoms with van der Waals surface area (Å²) in [6, 6.07) is 22.6. The van der Waals surface area contributed by atoms with Crippen molar-refractivity contribution in [2.45, 2.75) is 77.7 Å². The minimum Gasteiger partial charge on any atom is -0.481 e. The SMILES string of the molecule is CC(C)(C)OC(=O)COc1ccc(C[C@H](NC(=O)OCc2ccccc2)C(=O)OCc2ccccc2)cc1C(=O)OCC[Si](C)(C)C. The highest BCUT2D eigenvalue weighted by Crippen LogP contribution is 2.24. The van der Waals surface area contributed by atoms with Crippen molar-refractivity contribution in [3.05, 3.63) is 101 Å². The van der Waals surface area contributed by atoms with Crippen molar-refractivity contribution >= 4 is 32.1 Å². The maximum atomic E-state index is 13.3. The molecule has 11 heteroatoms. The lowest BCUT2D eigenvalue weighted by Crippen LogP contribution is -2.43. The molecule has 1 N–H and O–H groups in total. The van der Waals surface area contributed by atoms with Crippen molar-refractivity contribution in [1.82, 2.24) is 5.32 Å². The van der Waals surface area contributed by atoms with E-state index in [9.17, 15) is 19.2 Å². The fourth-order valence-electron chi connectivity index (χ4n) is 4.19. The van der Waals surface area contributed by atoms with Gasteiger partial charge in [-0.2, -0.15) is 0 Å². The third kappa shape index (κ3) is 14.1. The highest BCUT2D eigenvalue weighted by molar-refractivity contribution is 6.76. The normalized spacial score (nSPS) is 12.0. The summed E-state index contributed by atoms with van der Waals surface area (Å²) in [7, 11) is -1.49. The van der Waals surface area contributed by atoms with Crippen LogP contribution < -0.4 is 10.1 Å². The summed E-state index contributed by atoms with van der Waals surface area (Å²) in [5.74, 6) is -1.80. The maximum absolute atomic E-state index is 13.3. The Morgan fingerprint density at radius 1 is 0.766 bits per heavy atom. The van der Waals surface area contributed by atoms with Crippen LogP contribution in [0.4, 0.5) is 4.79 Å². The molecular formula is C36H45NO9Si. The maximum Gasteiger partial charge on any atom is 0.408 e. The van der Waals surface area contributed by atoms with Crippen molar-refractivity contribution in [2.75, 3.05) is 13.2 Å². The zero-order valence-corrected chi connectivity index (χ0v) is 29.0. The largest absolute Gasteiger partial charge is 0.481 e. The molecule has 0 heterocycles. The first-order chi connectivity index (χ1) is 22.2. The third-order valence-corrected chi connectivity index (χ3v) is 8.27. The van der Waals surface area contributed by atoms with E-state index in [1.807, 2.05) is 60.7 Å². The summed E-state index contributed by atoms with van der Waals surface area (Å²) in [6.45, 7) is 11.6. The summed E-state index contributed by atoms with van der Waals surface area (Å²) >= 11 is 0. The van der Waals surface area contributed by atoms with Gasteiger partial charge in [0.15, 0.2) is 6.61 Å². The van der Waals surface area contributed by atoms with E-state index >= 15 is 0 Å². The molecule has 0 bridgehead atoms. The number of alkyl carbamates (subject to hydrolysis) is 1. The molecule has 0 aliphatic heterocycles. The number of ether oxygens (including phenoxy) is 5. The molecule has 1 amide bonds. The fraction of sp³-hybridized carbons (Fsp3) is 0.389. The average Bonchev–Trinajstić information content (AvgIpc) is 3.01. The van der Waals surface area contributed by atoms with Crippen LogP contribution in [0, 0.1) is 0 Å². The highest BCUT2D eigenvalue weighted by Gasteiger charge is 2.26. The second-order valence-electron chi connectivity index (χ2n) is 13.2. The second-order valence-corrected chi connectivity index (χ2v) is 18.8. The van der Waals surface area contributed by atoms with Crippen LogP contribution in [-0.4, -0.2) is 56.9 Å². The number of hydrogen-bond acceptors (Lipinski definition) is 9. The van der Waals surface area contributed by atoms with Crippen molar-refractivity contribution in [2.24, 2.45) is 0 Å². The Hall–Kier alpha value is -4.64. The summed E-state index contributed by atoms with van der Waals surface area (Å²) in [4.78, 5) is 51.7. The Kier molecular flexibility index (Phi) is 13.6. The van der Waals surface area contributed by atoms with E-state index in [4.69, 9.17) is 23.7 Å². The Bertz CT molecular complexity index is 1480. The van der Waals surface area contributed by atoms with Gasteiger partial charge in [0.05, 0.1) is 6.61 Å². The number of nitrogens with one attached hydrogen (secondary N) is 1. The lowest BCUT2D eigenvalue weighted by atomic mass is 10.0. The molecule has 0 spiro atoms. The number of rotatable bonds is 15. The zero-order chi connectivity index (χ0) is 34.5. The van der Waals surface area contributed by atoms with Gasteiger partial charge in [-0.3, -0.25) is 0 Å². The molecule has 3 aromatic carbocycles. The number of carbonyl (C=O) groups is 4. The molecule has 47 heavy (non-hydrogen) atoms. The summed E-state index contributed by atoms with van der Waals surface area (Å²) in [6.07, 6.45) is -0.839. The first-order valence-electron chi connectivity index (χ1n) is 15.5. The average molecular weight is 664 g/mol. The van der Waals surface area contributed by atoms with E-state index in [1.165, 1.54) is 12.1 Å². The first kappa shape index (κ1) is 36.8. The van der Waals surface area contributed by atoms with Crippen LogP contribution in [0.15, 0.2) is 78.9 Å². The van der Waals surface area contributed by atoms with Gasteiger partial charge in [-0.15, -0.1) is 0 Å². The fourth-order valence-corrected chi connectivity index (χ4v) is 4.90. The molecule has 0 saturated carbocycles. The van der Waals surface area contributed by atoms with E-state index in [-0.39, 0.29) is 37.6 Å². The van der Waals surface area contributed by atoms with Crippen LogP contribution in [0.25, 0.3) is 0 Å². The van der Waals surface area contributed by atoms with Gasteiger partial charge in [0.2, 0.25) is 0 Å². The third-order valence-electron chi connectivity index (χ3n) is 6.57. The smallest absolute Gasteiger partial charge is 0.408 e. The van der Waals surface area contributed by atoms with Crippen LogP contribution in [0.5, 0.6) is 5.75 Å². The molecule has 0 aliphatic rings. The Balaban J connectivity index is 1.82. The predicted octanol–water partition coefficient (Wildman–Crippen LogP) is 6.48. The van der Waals surface area contributed by atoms with Crippen molar-refractivity contribution in [3.63, 3.8) is 0 Å². The monoisotopic (exact) mass is 663 g/mol. The number of benzene rings is 3. The highest BCUT2D eigenvalue weighted by atomic mass is 28.3. The van der Waals surface area contributed by atoms with E-state index in [1.54, 1.807) is 26.8 Å². The lowest BCUT2D eigenvalue weighted by molar-refractivity contribution is -0.157. The molecule has 10 nitrogen and oxygen atoms in total.